The summed E-state index contributed by atoms with van der Waals surface area (Å²) in [4.78, 5) is 0. The number of benzene rings is 2. The van der Waals surface area contributed by atoms with E-state index in [1.54, 1.807) is 13.2 Å². The normalized spacial score (nSPS) is 10.1. The fraction of sp³-hybridized carbons (Fsp3) is 0.0769. The van der Waals surface area contributed by atoms with Crippen LogP contribution >= 0.6 is 0 Å². The van der Waals surface area contributed by atoms with Gasteiger partial charge in [-0.15, -0.1) is 0 Å². The lowest BCUT2D eigenvalue weighted by Crippen LogP contribution is -1.99. The van der Waals surface area contributed by atoms with Crippen molar-refractivity contribution >= 4 is 11.4 Å². The highest BCUT2D eigenvalue weighted by Gasteiger charge is 2.11. The molecule has 4 N–H and O–H groups in total. The molecule has 0 fully saturated rings. The molecule has 0 saturated heterocycles. The zero-order chi connectivity index (χ0) is 11.5. The number of anilines is 2. The second-order valence-electron chi connectivity index (χ2n) is 3.51. The van der Waals surface area contributed by atoms with E-state index in [1.165, 1.54) is 0 Å². The molecule has 0 aromatic heterocycles. The Morgan fingerprint density at radius 1 is 0.938 bits per heavy atom. The number of nitrogen functional groups attached to an aromatic ring is 2. The van der Waals surface area contributed by atoms with Crippen LogP contribution in [0, 0.1) is 0 Å². The highest BCUT2D eigenvalue weighted by molar-refractivity contribution is 5.88. The summed E-state index contributed by atoms with van der Waals surface area (Å²) < 4.78 is 5.30. The third-order valence-corrected chi connectivity index (χ3v) is 2.52. The summed E-state index contributed by atoms with van der Waals surface area (Å²) in [6, 6.07) is 13.4. The van der Waals surface area contributed by atoms with Gasteiger partial charge in [0.1, 0.15) is 5.75 Å². The quantitative estimate of drug-likeness (QED) is 0.755. The summed E-state index contributed by atoms with van der Waals surface area (Å²) in [6.07, 6.45) is 0. The van der Waals surface area contributed by atoms with Gasteiger partial charge in [-0.3, -0.25) is 0 Å². The van der Waals surface area contributed by atoms with Gasteiger partial charge in [0, 0.05) is 5.56 Å². The predicted octanol–water partition coefficient (Wildman–Crippen LogP) is 2.53. The van der Waals surface area contributed by atoms with Crippen LogP contribution in [0.3, 0.4) is 0 Å². The summed E-state index contributed by atoms with van der Waals surface area (Å²) in [6.45, 7) is 0. The van der Waals surface area contributed by atoms with Crippen LogP contribution in [-0.2, 0) is 0 Å². The van der Waals surface area contributed by atoms with Gasteiger partial charge in [-0.25, -0.2) is 0 Å². The van der Waals surface area contributed by atoms with Crippen LogP contribution in [-0.4, -0.2) is 7.11 Å². The molecule has 0 spiro atoms. The van der Waals surface area contributed by atoms with Gasteiger partial charge in [-0.2, -0.15) is 0 Å². The second kappa shape index (κ2) is 4.14. The molecule has 0 aliphatic carbocycles. The Morgan fingerprint density at radius 2 is 1.62 bits per heavy atom. The fourth-order valence-electron chi connectivity index (χ4n) is 1.69. The molecule has 0 aliphatic heterocycles. The molecule has 16 heavy (non-hydrogen) atoms. The molecule has 0 aliphatic rings. The smallest absolute Gasteiger partial charge is 0.128 e. The van der Waals surface area contributed by atoms with Crippen LogP contribution in [0.1, 0.15) is 0 Å². The summed E-state index contributed by atoms with van der Waals surface area (Å²) in [5, 5.41) is 0. The van der Waals surface area contributed by atoms with Crippen LogP contribution in [0.2, 0.25) is 0 Å². The van der Waals surface area contributed by atoms with Gasteiger partial charge in [0.25, 0.3) is 0 Å². The Labute approximate surface area is 94.6 Å². The van der Waals surface area contributed by atoms with E-state index in [-0.39, 0.29) is 0 Å². The van der Waals surface area contributed by atoms with E-state index in [4.69, 9.17) is 16.2 Å². The highest BCUT2D eigenvalue weighted by atomic mass is 16.5. The number of rotatable bonds is 2. The van der Waals surface area contributed by atoms with Crippen LogP contribution in [0.15, 0.2) is 42.5 Å². The number of ether oxygens (including phenoxy) is 1. The zero-order valence-electron chi connectivity index (χ0n) is 9.10. The number of methoxy groups -OCH3 is 1. The van der Waals surface area contributed by atoms with E-state index in [9.17, 15) is 0 Å². The molecule has 0 radical (unpaired) electrons. The summed E-state index contributed by atoms with van der Waals surface area (Å²) in [5.74, 6) is 0.734. The van der Waals surface area contributed by atoms with E-state index in [0.717, 1.165) is 16.9 Å². The first-order valence-electron chi connectivity index (χ1n) is 5.01. The first kappa shape index (κ1) is 10.4. The van der Waals surface area contributed by atoms with Crippen LogP contribution in [0.4, 0.5) is 11.4 Å². The molecule has 0 atom stereocenters. The van der Waals surface area contributed by atoms with Gasteiger partial charge in [0.05, 0.1) is 18.5 Å². The fourth-order valence-corrected chi connectivity index (χ4v) is 1.69. The number of hydrogen-bond acceptors (Lipinski definition) is 3. The van der Waals surface area contributed by atoms with Crippen LogP contribution < -0.4 is 16.2 Å². The largest absolute Gasteiger partial charge is 0.496 e. The Kier molecular flexibility index (Phi) is 2.68. The second-order valence-corrected chi connectivity index (χ2v) is 3.51. The van der Waals surface area contributed by atoms with E-state index < -0.39 is 0 Å². The first-order valence-corrected chi connectivity index (χ1v) is 5.01. The van der Waals surface area contributed by atoms with Gasteiger partial charge >= 0.3 is 0 Å². The molecule has 2 aromatic rings. The maximum atomic E-state index is 5.99. The lowest BCUT2D eigenvalue weighted by molar-refractivity contribution is 0.416. The van der Waals surface area contributed by atoms with Gasteiger partial charge < -0.3 is 16.2 Å². The molecule has 3 heteroatoms. The SMILES string of the molecule is COc1ccc(N)c(N)c1-c1ccccc1. The van der Waals surface area contributed by atoms with E-state index in [2.05, 4.69) is 0 Å². The van der Waals surface area contributed by atoms with Crippen molar-refractivity contribution in [2.75, 3.05) is 18.6 Å². The molecular weight excluding hydrogens is 200 g/mol. The van der Waals surface area contributed by atoms with E-state index in [1.807, 2.05) is 36.4 Å². The Hall–Kier alpha value is -2.16. The molecule has 0 saturated carbocycles. The third kappa shape index (κ3) is 1.67. The molecule has 82 valence electrons. The highest BCUT2D eigenvalue weighted by Crippen LogP contribution is 2.38. The van der Waals surface area contributed by atoms with Crippen molar-refractivity contribution < 1.29 is 4.74 Å². The van der Waals surface area contributed by atoms with Crippen molar-refractivity contribution in [2.45, 2.75) is 0 Å². The molecule has 2 aromatic carbocycles. The topological polar surface area (TPSA) is 61.3 Å². The van der Waals surface area contributed by atoms with Gasteiger partial charge in [-0.1, -0.05) is 30.3 Å². The Balaban J connectivity index is 2.67. The van der Waals surface area contributed by atoms with Crippen molar-refractivity contribution in [3.63, 3.8) is 0 Å². The van der Waals surface area contributed by atoms with Crippen molar-refractivity contribution in [3.8, 4) is 16.9 Å². The third-order valence-electron chi connectivity index (χ3n) is 2.52. The zero-order valence-corrected chi connectivity index (χ0v) is 9.10. The minimum atomic E-state index is 0.561. The first-order chi connectivity index (χ1) is 7.74. The standard InChI is InChI=1S/C13H14N2O/c1-16-11-8-7-10(14)13(15)12(11)9-5-3-2-4-6-9/h2-8H,14-15H2,1H3. The summed E-state index contributed by atoms with van der Waals surface area (Å²) >= 11 is 0. The molecule has 0 bridgehead atoms. The van der Waals surface area contributed by atoms with Crippen LogP contribution in [0.5, 0.6) is 5.75 Å². The summed E-state index contributed by atoms with van der Waals surface area (Å²) in [5.41, 5.74) is 14.8. The Morgan fingerprint density at radius 3 is 2.25 bits per heavy atom. The average Bonchev–Trinajstić information content (AvgIpc) is 2.33. The van der Waals surface area contributed by atoms with Crippen LogP contribution in [0.25, 0.3) is 11.1 Å². The molecule has 2 rings (SSSR count). The van der Waals surface area contributed by atoms with Gasteiger partial charge in [0.2, 0.25) is 0 Å². The van der Waals surface area contributed by atoms with Crippen molar-refractivity contribution in [2.24, 2.45) is 0 Å². The maximum Gasteiger partial charge on any atom is 0.128 e. The monoisotopic (exact) mass is 214 g/mol. The van der Waals surface area contributed by atoms with Gasteiger partial charge in [-0.05, 0) is 17.7 Å². The van der Waals surface area contributed by atoms with Gasteiger partial charge in [0.15, 0.2) is 0 Å². The molecule has 3 nitrogen and oxygen atoms in total. The minimum Gasteiger partial charge on any atom is -0.496 e. The molecule has 0 unspecified atom stereocenters. The lowest BCUT2D eigenvalue weighted by Gasteiger charge is -2.13. The number of hydrogen-bond donors (Lipinski definition) is 2. The van der Waals surface area contributed by atoms with E-state index in [0.29, 0.717) is 11.4 Å². The average molecular weight is 214 g/mol. The molecule has 0 heterocycles. The van der Waals surface area contributed by atoms with E-state index >= 15 is 0 Å². The molecular formula is C13H14N2O. The van der Waals surface area contributed by atoms with Crippen molar-refractivity contribution in [1.82, 2.24) is 0 Å². The Bertz CT molecular complexity index is 495. The number of nitrogens with two attached hydrogens (primary N) is 2. The predicted molar refractivity (Wildman–Crippen MR) is 67.3 cm³/mol. The maximum absolute atomic E-state index is 5.99. The minimum absolute atomic E-state index is 0.561. The lowest BCUT2D eigenvalue weighted by atomic mass is 10.0. The van der Waals surface area contributed by atoms with Crippen molar-refractivity contribution in [3.05, 3.63) is 42.5 Å². The summed E-state index contributed by atoms with van der Waals surface area (Å²) in [7, 11) is 1.62. The van der Waals surface area contributed by atoms with Crippen molar-refractivity contribution in [1.29, 1.82) is 0 Å². The molecule has 0 amide bonds.